The van der Waals surface area contributed by atoms with Gasteiger partial charge in [-0.1, -0.05) is 35.3 Å². The van der Waals surface area contributed by atoms with Gasteiger partial charge in [-0.25, -0.2) is 0 Å². The predicted octanol–water partition coefficient (Wildman–Crippen LogP) is 4.13. The number of rotatable bonds is 1. The maximum Gasteiger partial charge on any atom is 0.163 e. The van der Waals surface area contributed by atoms with Crippen molar-refractivity contribution in [3.63, 3.8) is 0 Å². The highest BCUT2D eigenvalue weighted by Gasteiger charge is 2.17. The van der Waals surface area contributed by atoms with E-state index in [2.05, 4.69) is 0 Å². The van der Waals surface area contributed by atoms with Crippen molar-refractivity contribution in [3.05, 3.63) is 39.9 Å². The van der Waals surface area contributed by atoms with Gasteiger partial charge in [-0.3, -0.25) is 4.79 Å². The number of hydrogen-bond donors (Lipinski definition) is 0. The molecule has 1 nitrogen and oxygen atoms in total. The van der Waals surface area contributed by atoms with E-state index in [4.69, 9.17) is 23.2 Å². The highest BCUT2D eigenvalue weighted by atomic mass is 35.5. The van der Waals surface area contributed by atoms with Crippen LogP contribution in [-0.4, -0.2) is 5.78 Å². The topological polar surface area (TPSA) is 17.1 Å². The van der Waals surface area contributed by atoms with Crippen molar-refractivity contribution in [2.24, 2.45) is 0 Å². The number of halogens is 2. The summed E-state index contributed by atoms with van der Waals surface area (Å²) in [6.45, 7) is 0. The van der Waals surface area contributed by atoms with Crippen molar-refractivity contribution in [2.75, 3.05) is 0 Å². The molecule has 1 aliphatic rings. The average Bonchev–Trinajstić information content (AvgIpc) is 2.20. The molecule has 1 aromatic rings. The van der Waals surface area contributed by atoms with Gasteiger partial charge in [0.15, 0.2) is 5.78 Å². The summed E-state index contributed by atoms with van der Waals surface area (Å²) in [6.07, 6.45) is 4.46. The Morgan fingerprint density at radius 3 is 2.67 bits per heavy atom. The Bertz CT molecular complexity index is 435. The molecule has 0 saturated heterocycles. The summed E-state index contributed by atoms with van der Waals surface area (Å²) < 4.78 is 0. The second-order valence-corrected chi connectivity index (χ2v) is 4.40. The molecular formula is C12H10Cl2O. The maximum atomic E-state index is 11.7. The number of hydrogen-bond acceptors (Lipinski definition) is 1. The first kappa shape index (κ1) is 10.7. The molecule has 1 aromatic carbocycles. The summed E-state index contributed by atoms with van der Waals surface area (Å²) in [6, 6.07) is 5.23. The smallest absolute Gasteiger partial charge is 0.163 e. The number of ketones is 1. The number of allylic oxidation sites excluding steroid dienone is 2. The SMILES string of the molecule is O=C1CCCC=C1c1ccc(Cl)cc1Cl. The van der Waals surface area contributed by atoms with Gasteiger partial charge in [-0.05, 0) is 25.0 Å². The lowest BCUT2D eigenvalue weighted by atomic mass is 9.92. The van der Waals surface area contributed by atoms with Crippen molar-refractivity contribution in [3.8, 4) is 0 Å². The molecule has 3 heteroatoms. The van der Waals surface area contributed by atoms with Crippen molar-refractivity contribution in [2.45, 2.75) is 19.3 Å². The number of Topliss-reactive ketones (excluding diaryl/α,β-unsaturated/α-hetero) is 1. The molecule has 0 aromatic heterocycles. The zero-order valence-electron chi connectivity index (χ0n) is 8.09. The van der Waals surface area contributed by atoms with Gasteiger partial charge in [0.05, 0.1) is 0 Å². The first-order valence-corrected chi connectivity index (χ1v) is 5.63. The van der Waals surface area contributed by atoms with Crippen LogP contribution in [0, 0.1) is 0 Å². The molecule has 0 atom stereocenters. The zero-order chi connectivity index (χ0) is 10.8. The second-order valence-electron chi connectivity index (χ2n) is 3.56. The summed E-state index contributed by atoms with van der Waals surface area (Å²) in [7, 11) is 0. The molecule has 0 radical (unpaired) electrons. The third-order valence-electron chi connectivity index (χ3n) is 2.48. The molecule has 0 bridgehead atoms. The molecule has 15 heavy (non-hydrogen) atoms. The normalized spacial score (nSPS) is 16.4. The molecule has 2 rings (SSSR count). The molecule has 0 heterocycles. The fraction of sp³-hybridized carbons (Fsp3) is 0.250. The van der Waals surface area contributed by atoms with Crippen molar-refractivity contribution in [1.82, 2.24) is 0 Å². The fourth-order valence-corrected chi connectivity index (χ4v) is 2.24. The van der Waals surface area contributed by atoms with E-state index in [1.54, 1.807) is 18.2 Å². The van der Waals surface area contributed by atoms with Crippen LogP contribution in [0.4, 0.5) is 0 Å². The summed E-state index contributed by atoms with van der Waals surface area (Å²) in [5.74, 6) is 0.172. The van der Waals surface area contributed by atoms with Crippen LogP contribution in [0.15, 0.2) is 24.3 Å². The summed E-state index contributed by atoms with van der Waals surface area (Å²) in [5.41, 5.74) is 1.54. The molecule has 0 N–H and O–H groups in total. The molecule has 0 amide bonds. The van der Waals surface area contributed by atoms with Crippen LogP contribution in [0.2, 0.25) is 10.0 Å². The molecule has 0 saturated carbocycles. The van der Waals surface area contributed by atoms with E-state index in [1.807, 2.05) is 6.08 Å². The van der Waals surface area contributed by atoms with Gasteiger partial charge in [-0.2, -0.15) is 0 Å². The van der Waals surface area contributed by atoms with Crippen molar-refractivity contribution < 1.29 is 4.79 Å². The van der Waals surface area contributed by atoms with E-state index in [1.165, 1.54) is 0 Å². The largest absolute Gasteiger partial charge is 0.294 e. The van der Waals surface area contributed by atoms with Crippen molar-refractivity contribution >= 4 is 34.6 Å². The Kier molecular flexibility index (Phi) is 3.13. The molecule has 0 aliphatic heterocycles. The standard InChI is InChI=1S/C12H10Cl2O/c13-8-5-6-9(11(14)7-8)10-3-1-2-4-12(10)15/h3,5-7H,1-2,4H2. The average molecular weight is 241 g/mol. The summed E-state index contributed by atoms with van der Waals surface area (Å²) in [5, 5.41) is 1.14. The van der Waals surface area contributed by atoms with Crippen molar-refractivity contribution in [1.29, 1.82) is 0 Å². The lowest BCUT2D eigenvalue weighted by Crippen LogP contribution is -2.06. The Morgan fingerprint density at radius 1 is 1.20 bits per heavy atom. The highest BCUT2D eigenvalue weighted by Crippen LogP contribution is 2.30. The molecule has 0 unspecified atom stereocenters. The van der Waals surface area contributed by atoms with E-state index in [0.29, 0.717) is 16.5 Å². The van der Waals surface area contributed by atoms with Crippen LogP contribution >= 0.6 is 23.2 Å². The highest BCUT2D eigenvalue weighted by molar-refractivity contribution is 6.37. The first-order valence-electron chi connectivity index (χ1n) is 4.87. The quantitative estimate of drug-likeness (QED) is 0.722. The van der Waals surface area contributed by atoms with E-state index >= 15 is 0 Å². The van der Waals surface area contributed by atoms with E-state index in [9.17, 15) is 4.79 Å². The molecule has 78 valence electrons. The monoisotopic (exact) mass is 240 g/mol. The van der Waals surface area contributed by atoms with Crippen LogP contribution in [0.1, 0.15) is 24.8 Å². The number of carbonyl (C=O) groups excluding carboxylic acids is 1. The predicted molar refractivity (Wildman–Crippen MR) is 63.3 cm³/mol. The van der Waals surface area contributed by atoms with Gasteiger partial charge in [-0.15, -0.1) is 0 Å². The van der Waals surface area contributed by atoms with Crippen LogP contribution in [-0.2, 0) is 4.79 Å². The molecule has 0 fully saturated rings. The third-order valence-corrected chi connectivity index (χ3v) is 3.03. The zero-order valence-corrected chi connectivity index (χ0v) is 9.61. The van der Waals surface area contributed by atoms with Gasteiger partial charge in [0.2, 0.25) is 0 Å². The lowest BCUT2D eigenvalue weighted by molar-refractivity contribution is -0.114. The van der Waals surface area contributed by atoms with Crippen LogP contribution in [0.5, 0.6) is 0 Å². The van der Waals surface area contributed by atoms with Gasteiger partial charge in [0.1, 0.15) is 0 Å². The Labute approximate surface area is 98.7 Å². The summed E-state index contributed by atoms with van der Waals surface area (Å²) >= 11 is 11.9. The third kappa shape index (κ3) is 2.24. The van der Waals surface area contributed by atoms with Gasteiger partial charge >= 0.3 is 0 Å². The fourth-order valence-electron chi connectivity index (χ4n) is 1.73. The van der Waals surface area contributed by atoms with Crippen LogP contribution in [0.25, 0.3) is 5.57 Å². The maximum absolute atomic E-state index is 11.7. The minimum absolute atomic E-state index is 0.172. The molecule has 1 aliphatic carbocycles. The van der Waals surface area contributed by atoms with Crippen LogP contribution < -0.4 is 0 Å². The first-order chi connectivity index (χ1) is 7.18. The second kappa shape index (κ2) is 4.38. The molecular weight excluding hydrogens is 231 g/mol. The Balaban J connectivity index is 2.45. The number of benzene rings is 1. The van der Waals surface area contributed by atoms with E-state index < -0.39 is 0 Å². The van der Waals surface area contributed by atoms with Gasteiger partial charge in [0.25, 0.3) is 0 Å². The lowest BCUT2D eigenvalue weighted by Gasteiger charge is -2.13. The van der Waals surface area contributed by atoms with Crippen LogP contribution in [0.3, 0.4) is 0 Å². The summed E-state index contributed by atoms with van der Waals surface area (Å²) in [4.78, 5) is 11.7. The Hall–Kier alpha value is -0.790. The minimum Gasteiger partial charge on any atom is -0.294 e. The van der Waals surface area contributed by atoms with E-state index in [-0.39, 0.29) is 5.78 Å². The number of carbonyl (C=O) groups is 1. The van der Waals surface area contributed by atoms with E-state index in [0.717, 1.165) is 24.0 Å². The Morgan fingerprint density at radius 2 is 2.00 bits per heavy atom. The molecule has 0 spiro atoms. The van der Waals surface area contributed by atoms with Gasteiger partial charge < -0.3 is 0 Å². The minimum atomic E-state index is 0.172. The van der Waals surface area contributed by atoms with Gasteiger partial charge in [0, 0.05) is 27.6 Å².